The molecule has 0 atom stereocenters. The van der Waals surface area contributed by atoms with Crippen LogP contribution in [0.1, 0.15) is 18.6 Å². The standard InChI is InChI=1S/C11H14F3NO4S/c12-11(13,14)8-3-5-15(6-4-8)20(17,18)10-2-1-9(7-16)19-10/h1-2,8,16H,3-7H2. The van der Waals surface area contributed by atoms with Crippen molar-refractivity contribution in [3.8, 4) is 0 Å². The maximum absolute atomic E-state index is 12.5. The molecule has 20 heavy (non-hydrogen) atoms. The summed E-state index contributed by atoms with van der Waals surface area (Å²) in [5.41, 5.74) is 0. The number of aliphatic hydroxyl groups excluding tert-OH is 1. The molecule has 1 aliphatic rings. The van der Waals surface area contributed by atoms with Crippen LogP contribution in [0.4, 0.5) is 13.2 Å². The van der Waals surface area contributed by atoms with Crippen LogP contribution in [0.5, 0.6) is 0 Å². The van der Waals surface area contributed by atoms with Gasteiger partial charge in [0.05, 0.1) is 5.92 Å². The van der Waals surface area contributed by atoms with Crippen LogP contribution in [0.3, 0.4) is 0 Å². The molecule has 114 valence electrons. The first kappa shape index (κ1) is 15.3. The number of aliphatic hydroxyl groups is 1. The Hall–Kier alpha value is -1.06. The van der Waals surface area contributed by atoms with Gasteiger partial charge in [0.25, 0.3) is 10.0 Å². The number of nitrogens with zero attached hydrogens (tertiary/aromatic N) is 1. The lowest BCUT2D eigenvalue weighted by molar-refractivity contribution is -0.182. The van der Waals surface area contributed by atoms with Crippen LogP contribution in [0.2, 0.25) is 0 Å². The van der Waals surface area contributed by atoms with Gasteiger partial charge in [-0.25, -0.2) is 8.42 Å². The van der Waals surface area contributed by atoms with Crippen molar-refractivity contribution in [3.05, 3.63) is 17.9 Å². The number of hydrogen-bond acceptors (Lipinski definition) is 4. The molecule has 1 N–H and O–H groups in total. The summed E-state index contributed by atoms with van der Waals surface area (Å²) in [7, 11) is -3.93. The predicted molar refractivity (Wildman–Crippen MR) is 62.2 cm³/mol. The first-order chi connectivity index (χ1) is 9.25. The topological polar surface area (TPSA) is 70.8 Å². The van der Waals surface area contributed by atoms with E-state index in [1.807, 2.05) is 0 Å². The quantitative estimate of drug-likeness (QED) is 0.922. The largest absolute Gasteiger partial charge is 0.446 e. The summed E-state index contributed by atoms with van der Waals surface area (Å²) in [6.45, 7) is -0.824. The van der Waals surface area contributed by atoms with Crippen molar-refractivity contribution in [1.29, 1.82) is 0 Å². The molecule has 5 nitrogen and oxygen atoms in total. The summed E-state index contributed by atoms with van der Waals surface area (Å²) >= 11 is 0. The number of hydrogen-bond donors (Lipinski definition) is 1. The number of rotatable bonds is 3. The van der Waals surface area contributed by atoms with Gasteiger partial charge in [0.15, 0.2) is 0 Å². The van der Waals surface area contributed by atoms with Gasteiger partial charge in [0.2, 0.25) is 5.09 Å². The molecule has 2 rings (SSSR count). The van der Waals surface area contributed by atoms with Crippen molar-refractivity contribution >= 4 is 10.0 Å². The average Bonchev–Trinajstić information content (AvgIpc) is 2.87. The summed E-state index contributed by atoms with van der Waals surface area (Å²) in [6.07, 6.45) is -4.79. The number of piperidine rings is 1. The molecule has 1 saturated heterocycles. The van der Waals surface area contributed by atoms with Gasteiger partial charge in [-0.1, -0.05) is 0 Å². The smallest absolute Gasteiger partial charge is 0.391 e. The molecule has 1 fully saturated rings. The zero-order chi connectivity index (χ0) is 15.0. The van der Waals surface area contributed by atoms with E-state index < -0.39 is 28.7 Å². The third-order valence-corrected chi connectivity index (χ3v) is 5.08. The van der Waals surface area contributed by atoms with Crippen molar-refractivity contribution in [2.45, 2.75) is 30.7 Å². The van der Waals surface area contributed by atoms with Crippen LogP contribution in [-0.2, 0) is 16.6 Å². The van der Waals surface area contributed by atoms with Gasteiger partial charge in [-0.2, -0.15) is 17.5 Å². The minimum absolute atomic E-state index is 0.0914. The van der Waals surface area contributed by atoms with E-state index in [0.717, 1.165) is 4.31 Å². The molecule has 2 heterocycles. The third-order valence-electron chi connectivity index (χ3n) is 3.30. The monoisotopic (exact) mass is 313 g/mol. The molecule has 0 saturated carbocycles. The van der Waals surface area contributed by atoms with Crippen LogP contribution in [0, 0.1) is 5.92 Å². The fourth-order valence-electron chi connectivity index (χ4n) is 2.13. The Morgan fingerprint density at radius 3 is 2.35 bits per heavy atom. The fourth-order valence-corrected chi connectivity index (χ4v) is 3.53. The molecule has 1 aliphatic heterocycles. The predicted octanol–water partition coefficient (Wildman–Crippen LogP) is 1.73. The highest BCUT2D eigenvalue weighted by molar-refractivity contribution is 7.89. The molecule has 0 radical (unpaired) electrons. The van der Waals surface area contributed by atoms with E-state index in [4.69, 9.17) is 9.52 Å². The van der Waals surface area contributed by atoms with Gasteiger partial charge in [-0.15, -0.1) is 0 Å². The summed E-state index contributed by atoms with van der Waals surface area (Å²) in [4.78, 5) is 0. The van der Waals surface area contributed by atoms with E-state index in [0.29, 0.717) is 0 Å². The molecule has 1 aromatic heterocycles. The van der Waals surface area contributed by atoms with E-state index in [1.165, 1.54) is 12.1 Å². The van der Waals surface area contributed by atoms with Crippen LogP contribution in [0.25, 0.3) is 0 Å². The van der Waals surface area contributed by atoms with E-state index in [-0.39, 0.29) is 36.8 Å². The highest BCUT2D eigenvalue weighted by Gasteiger charge is 2.43. The van der Waals surface area contributed by atoms with Crippen LogP contribution in [0.15, 0.2) is 21.6 Å². The van der Waals surface area contributed by atoms with Crippen LogP contribution >= 0.6 is 0 Å². The maximum atomic E-state index is 12.5. The lowest BCUT2D eigenvalue weighted by Gasteiger charge is -2.31. The Labute approximate surface area is 114 Å². The lowest BCUT2D eigenvalue weighted by atomic mass is 9.98. The van der Waals surface area contributed by atoms with E-state index >= 15 is 0 Å². The molecule has 9 heteroatoms. The Morgan fingerprint density at radius 1 is 1.30 bits per heavy atom. The SMILES string of the molecule is O=S(=O)(c1ccc(CO)o1)N1CCC(C(F)(F)F)CC1. The first-order valence-electron chi connectivity index (χ1n) is 6.01. The average molecular weight is 313 g/mol. The van der Waals surface area contributed by atoms with E-state index in [2.05, 4.69) is 0 Å². The Morgan fingerprint density at radius 2 is 1.90 bits per heavy atom. The lowest BCUT2D eigenvalue weighted by Crippen LogP contribution is -2.41. The van der Waals surface area contributed by atoms with Gasteiger partial charge in [-0.3, -0.25) is 0 Å². The van der Waals surface area contributed by atoms with E-state index in [9.17, 15) is 21.6 Å². The van der Waals surface area contributed by atoms with Gasteiger partial charge < -0.3 is 9.52 Å². The van der Waals surface area contributed by atoms with Crippen molar-refractivity contribution < 1.29 is 31.1 Å². The second-order valence-corrected chi connectivity index (χ2v) is 6.47. The molecule has 0 unspecified atom stereocenters. The minimum Gasteiger partial charge on any atom is -0.446 e. The second-order valence-electron chi connectivity index (χ2n) is 4.60. The summed E-state index contributed by atoms with van der Waals surface area (Å²) in [6, 6.07) is 2.51. The van der Waals surface area contributed by atoms with Crippen LogP contribution < -0.4 is 0 Å². The second kappa shape index (κ2) is 5.38. The highest BCUT2D eigenvalue weighted by Crippen LogP contribution is 2.35. The Bertz CT molecular complexity index is 558. The summed E-state index contributed by atoms with van der Waals surface area (Å²) in [5, 5.41) is 8.47. The number of sulfonamides is 1. The maximum Gasteiger partial charge on any atom is 0.391 e. The zero-order valence-electron chi connectivity index (χ0n) is 10.4. The number of halogens is 3. The molecule has 0 bridgehead atoms. The van der Waals surface area contributed by atoms with E-state index in [1.54, 1.807) is 0 Å². The van der Waals surface area contributed by atoms with Crippen molar-refractivity contribution in [1.82, 2.24) is 4.31 Å². The third kappa shape index (κ3) is 2.99. The number of alkyl halides is 3. The minimum atomic E-state index is -4.29. The van der Waals surface area contributed by atoms with Crippen molar-refractivity contribution in [2.24, 2.45) is 5.92 Å². The molecule has 1 aromatic rings. The molecule has 0 aromatic carbocycles. The summed E-state index contributed by atoms with van der Waals surface area (Å²) in [5.74, 6) is -1.37. The molecule has 0 amide bonds. The van der Waals surface area contributed by atoms with Gasteiger partial charge in [-0.05, 0) is 25.0 Å². The van der Waals surface area contributed by atoms with Crippen molar-refractivity contribution in [3.63, 3.8) is 0 Å². The number of furan rings is 1. The molecule has 0 spiro atoms. The normalized spacial score (nSPS) is 19.4. The molecule has 0 aliphatic carbocycles. The molecular formula is C11H14F3NO4S. The zero-order valence-corrected chi connectivity index (χ0v) is 11.2. The Kier molecular flexibility index (Phi) is 4.12. The van der Waals surface area contributed by atoms with Gasteiger partial charge >= 0.3 is 6.18 Å². The van der Waals surface area contributed by atoms with Gasteiger partial charge in [0.1, 0.15) is 12.4 Å². The summed E-state index contributed by atoms with van der Waals surface area (Å²) < 4.78 is 67.8. The van der Waals surface area contributed by atoms with Crippen LogP contribution in [-0.4, -0.2) is 37.1 Å². The van der Waals surface area contributed by atoms with Crippen molar-refractivity contribution in [2.75, 3.05) is 13.1 Å². The highest BCUT2D eigenvalue weighted by atomic mass is 32.2. The Balaban J connectivity index is 2.09. The fraction of sp³-hybridized carbons (Fsp3) is 0.636. The first-order valence-corrected chi connectivity index (χ1v) is 7.45. The van der Waals surface area contributed by atoms with Gasteiger partial charge in [0, 0.05) is 13.1 Å². The molecular weight excluding hydrogens is 299 g/mol.